The van der Waals surface area contributed by atoms with Crippen molar-refractivity contribution in [2.45, 2.75) is 26.7 Å². The van der Waals surface area contributed by atoms with Gasteiger partial charge in [0.1, 0.15) is 23.4 Å². The first-order valence-electron chi connectivity index (χ1n) is 7.21. The lowest BCUT2D eigenvalue weighted by Crippen LogP contribution is -2.14. The minimum absolute atomic E-state index is 0.00438. The summed E-state index contributed by atoms with van der Waals surface area (Å²) in [5.41, 5.74) is 2.29. The van der Waals surface area contributed by atoms with E-state index in [1.807, 2.05) is 17.6 Å². The molecular formula is C15H17N5OS. The van der Waals surface area contributed by atoms with Gasteiger partial charge >= 0.3 is 0 Å². The van der Waals surface area contributed by atoms with E-state index in [-0.39, 0.29) is 5.91 Å². The van der Waals surface area contributed by atoms with E-state index in [1.165, 1.54) is 17.7 Å². The summed E-state index contributed by atoms with van der Waals surface area (Å²) in [6, 6.07) is 1.92. The highest BCUT2D eigenvalue weighted by Gasteiger charge is 2.13. The van der Waals surface area contributed by atoms with Gasteiger partial charge in [0, 0.05) is 23.4 Å². The zero-order chi connectivity index (χ0) is 15.5. The topological polar surface area (TPSA) is 83.6 Å². The Morgan fingerprint density at radius 3 is 3.14 bits per heavy atom. The molecule has 3 heterocycles. The van der Waals surface area contributed by atoms with Gasteiger partial charge in [0.05, 0.1) is 0 Å². The predicted molar refractivity (Wildman–Crippen MR) is 87.7 cm³/mol. The van der Waals surface area contributed by atoms with Gasteiger partial charge in [-0.15, -0.1) is 11.3 Å². The van der Waals surface area contributed by atoms with Gasteiger partial charge in [0.15, 0.2) is 5.13 Å². The first-order chi connectivity index (χ1) is 10.7. The second-order valence-corrected chi connectivity index (χ2v) is 6.12. The minimum Gasteiger partial charge on any atom is -0.346 e. The molecule has 3 aromatic heterocycles. The molecule has 1 amide bonds. The number of nitrogens with one attached hydrogen (secondary N) is 2. The molecule has 0 saturated heterocycles. The normalized spacial score (nSPS) is 12.5. The molecule has 7 heteroatoms. The maximum Gasteiger partial charge on any atom is 0.226 e. The van der Waals surface area contributed by atoms with Crippen LogP contribution in [-0.4, -0.2) is 25.8 Å². The lowest BCUT2D eigenvalue weighted by molar-refractivity contribution is -0.117. The third-order valence-electron chi connectivity index (χ3n) is 3.58. The zero-order valence-electron chi connectivity index (χ0n) is 12.5. The van der Waals surface area contributed by atoms with Crippen molar-refractivity contribution in [3.8, 4) is 11.4 Å². The molecule has 3 aromatic rings. The lowest BCUT2D eigenvalue weighted by atomic mass is 10.1. The molecule has 2 N–H and O–H groups in total. The average molecular weight is 315 g/mol. The van der Waals surface area contributed by atoms with Crippen molar-refractivity contribution in [3.05, 3.63) is 24.0 Å². The van der Waals surface area contributed by atoms with Gasteiger partial charge < -0.3 is 10.3 Å². The number of carbonyl (C=O) groups is 1. The van der Waals surface area contributed by atoms with Gasteiger partial charge in [-0.2, -0.15) is 0 Å². The first-order valence-corrected chi connectivity index (χ1v) is 8.09. The fourth-order valence-corrected chi connectivity index (χ4v) is 2.86. The summed E-state index contributed by atoms with van der Waals surface area (Å²) >= 11 is 1.40. The van der Waals surface area contributed by atoms with Crippen LogP contribution in [0, 0.1) is 5.92 Å². The number of hydrogen-bond acceptors (Lipinski definition) is 5. The van der Waals surface area contributed by atoms with Crippen molar-refractivity contribution in [1.82, 2.24) is 19.9 Å². The predicted octanol–water partition coefficient (Wildman–Crippen LogP) is 3.46. The molecule has 0 aromatic carbocycles. The van der Waals surface area contributed by atoms with Gasteiger partial charge in [-0.3, -0.25) is 4.79 Å². The molecule has 0 radical (unpaired) electrons. The summed E-state index contributed by atoms with van der Waals surface area (Å²) in [6.07, 6.45) is 4.84. The smallest absolute Gasteiger partial charge is 0.226 e. The maximum atomic E-state index is 11.9. The number of thiazole rings is 1. The second-order valence-electron chi connectivity index (χ2n) is 5.27. The minimum atomic E-state index is 0.00438. The molecule has 0 saturated carbocycles. The molecule has 0 fully saturated rings. The molecule has 0 bridgehead atoms. The van der Waals surface area contributed by atoms with Crippen molar-refractivity contribution < 1.29 is 4.79 Å². The molecule has 0 spiro atoms. The van der Waals surface area contributed by atoms with Gasteiger partial charge in [0.2, 0.25) is 5.91 Å². The monoisotopic (exact) mass is 315 g/mol. The highest BCUT2D eigenvalue weighted by atomic mass is 32.1. The number of amides is 1. The Labute approximate surface area is 132 Å². The molecule has 22 heavy (non-hydrogen) atoms. The van der Waals surface area contributed by atoms with Crippen LogP contribution < -0.4 is 5.32 Å². The van der Waals surface area contributed by atoms with Crippen LogP contribution in [0.5, 0.6) is 0 Å². The van der Waals surface area contributed by atoms with E-state index in [9.17, 15) is 4.79 Å². The number of aromatic amines is 1. The van der Waals surface area contributed by atoms with E-state index < -0.39 is 0 Å². The van der Waals surface area contributed by atoms with E-state index in [4.69, 9.17) is 0 Å². The summed E-state index contributed by atoms with van der Waals surface area (Å²) in [5.74, 6) is 0.380. The number of fused-ring (bicyclic) bond motifs is 1. The Kier molecular flexibility index (Phi) is 4.15. The molecule has 0 aliphatic carbocycles. The quantitative estimate of drug-likeness (QED) is 0.755. The van der Waals surface area contributed by atoms with Crippen molar-refractivity contribution in [1.29, 1.82) is 0 Å². The number of nitrogens with zero attached hydrogens (tertiary/aromatic N) is 3. The van der Waals surface area contributed by atoms with Crippen molar-refractivity contribution in [2.75, 3.05) is 5.32 Å². The summed E-state index contributed by atoms with van der Waals surface area (Å²) in [6.45, 7) is 4.15. The van der Waals surface area contributed by atoms with E-state index >= 15 is 0 Å². The number of rotatable bonds is 5. The molecule has 114 valence electrons. The molecule has 6 nitrogen and oxygen atoms in total. The number of anilines is 1. The van der Waals surface area contributed by atoms with Crippen molar-refractivity contribution in [3.63, 3.8) is 0 Å². The molecular weight excluding hydrogens is 298 g/mol. The molecule has 1 atom stereocenters. The van der Waals surface area contributed by atoms with Gasteiger partial charge in [-0.05, 0) is 12.0 Å². The van der Waals surface area contributed by atoms with Crippen LogP contribution in [0.2, 0.25) is 0 Å². The third kappa shape index (κ3) is 2.99. The van der Waals surface area contributed by atoms with Crippen LogP contribution >= 0.6 is 11.3 Å². The summed E-state index contributed by atoms with van der Waals surface area (Å²) in [5, 5.41) is 6.28. The SMILES string of the molecule is CCC(C)CC(=O)Nc1nc(-c2ncnc3[nH]ccc23)cs1. The summed E-state index contributed by atoms with van der Waals surface area (Å²) in [7, 11) is 0. The largest absolute Gasteiger partial charge is 0.346 e. The Morgan fingerprint density at radius 2 is 2.32 bits per heavy atom. The Balaban J connectivity index is 1.79. The lowest BCUT2D eigenvalue weighted by Gasteiger charge is -2.06. The fourth-order valence-electron chi connectivity index (χ4n) is 2.15. The van der Waals surface area contributed by atoms with Crippen LogP contribution in [0.25, 0.3) is 22.4 Å². The zero-order valence-corrected chi connectivity index (χ0v) is 13.3. The van der Waals surface area contributed by atoms with Crippen LogP contribution in [-0.2, 0) is 4.79 Å². The van der Waals surface area contributed by atoms with Crippen LogP contribution in [0.3, 0.4) is 0 Å². The van der Waals surface area contributed by atoms with Gasteiger partial charge in [-0.1, -0.05) is 20.3 Å². The Hall–Kier alpha value is -2.28. The van der Waals surface area contributed by atoms with Gasteiger partial charge in [-0.25, -0.2) is 15.0 Å². The molecule has 0 aliphatic rings. The van der Waals surface area contributed by atoms with Crippen LogP contribution in [0.1, 0.15) is 26.7 Å². The van der Waals surface area contributed by atoms with Gasteiger partial charge in [0.25, 0.3) is 0 Å². The van der Waals surface area contributed by atoms with E-state index in [1.54, 1.807) is 0 Å². The van der Waals surface area contributed by atoms with Crippen LogP contribution in [0.4, 0.5) is 5.13 Å². The maximum absolute atomic E-state index is 11.9. The summed E-state index contributed by atoms with van der Waals surface area (Å²) < 4.78 is 0. The van der Waals surface area contributed by atoms with E-state index in [2.05, 4.69) is 39.1 Å². The number of aromatic nitrogens is 4. The van der Waals surface area contributed by atoms with Crippen molar-refractivity contribution in [2.24, 2.45) is 5.92 Å². The third-order valence-corrected chi connectivity index (χ3v) is 4.34. The average Bonchev–Trinajstić information content (AvgIpc) is 3.15. The van der Waals surface area contributed by atoms with E-state index in [0.717, 1.165) is 28.8 Å². The molecule has 0 aliphatic heterocycles. The van der Waals surface area contributed by atoms with Crippen LogP contribution in [0.15, 0.2) is 24.0 Å². The number of hydrogen-bond donors (Lipinski definition) is 2. The van der Waals surface area contributed by atoms with E-state index in [0.29, 0.717) is 17.5 Å². The Morgan fingerprint density at radius 1 is 1.45 bits per heavy atom. The highest BCUT2D eigenvalue weighted by Crippen LogP contribution is 2.28. The highest BCUT2D eigenvalue weighted by molar-refractivity contribution is 7.14. The molecule has 1 unspecified atom stereocenters. The fraction of sp³-hybridized carbons (Fsp3) is 0.333. The number of carbonyl (C=O) groups excluding carboxylic acids is 1. The number of H-pyrrole nitrogens is 1. The van der Waals surface area contributed by atoms with Crippen molar-refractivity contribution >= 4 is 33.4 Å². The first kappa shape index (κ1) is 14.6. The Bertz CT molecular complexity index is 794. The molecule has 3 rings (SSSR count). The summed E-state index contributed by atoms with van der Waals surface area (Å²) in [4.78, 5) is 27.9. The second kappa shape index (κ2) is 6.23. The standard InChI is InChI=1S/C15H17N5OS/c1-3-9(2)6-12(21)20-15-19-11(7-22-15)13-10-4-5-16-14(10)18-8-17-13/h4-5,7-9H,3,6H2,1-2H3,(H,16,17,18)(H,19,20,21).